The van der Waals surface area contributed by atoms with Crippen LogP contribution in [-0.2, 0) is 0 Å². The van der Waals surface area contributed by atoms with Crippen LogP contribution in [0.3, 0.4) is 0 Å². The SMILES string of the molecule is CCCOc1ccc(-n2cnc3cc(-c4ccc(Cl)cc4)sc3c2=O)cc1OC. The molecule has 0 unspecified atom stereocenters. The maximum absolute atomic E-state index is 13.1. The number of benzene rings is 2. The molecule has 0 radical (unpaired) electrons. The minimum atomic E-state index is -0.121. The highest BCUT2D eigenvalue weighted by molar-refractivity contribution is 7.22. The Morgan fingerprint density at radius 1 is 1.10 bits per heavy atom. The molecule has 0 saturated carbocycles. The lowest BCUT2D eigenvalue weighted by atomic mass is 10.2. The van der Waals surface area contributed by atoms with Crippen molar-refractivity contribution in [2.75, 3.05) is 13.7 Å². The molecular formula is C22H19ClN2O3S. The van der Waals surface area contributed by atoms with Gasteiger partial charge in [0.05, 0.1) is 24.9 Å². The average Bonchev–Trinajstić information content (AvgIpc) is 3.18. The Bertz CT molecular complexity index is 1220. The van der Waals surface area contributed by atoms with Crippen LogP contribution < -0.4 is 15.0 Å². The number of thiophene rings is 1. The molecule has 0 aliphatic heterocycles. The Labute approximate surface area is 177 Å². The summed E-state index contributed by atoms with van der Waals surface area (Å²) in [6.07, 6.45) is 2.45. The normalized spacial score (nSPS) is 11.0. The third-order valence-electron chi connectivity index (χ3n) is 4.45. The number of methoxy groups -OCH3 is 1. The fraction of sp³-hybridized carbons (Fsp3) is 0.182. The zero-order chi connectivity index (χ0) is 20.4. The summed E-state index contributed by atoms with van der Waals surface area (Å²) >= 11 is 7.40. The van der Waals surface area contributed by atoms with Gasteiger partial charge >= 0.3 is 0 Å². The van der Waals surface area contributed by atoms with Crippen molar-refractivity contribution in [3.63, 3.8) is 0 Å². The van der Waals surface area contributed by atoms with Crippen molar-refractivity contribution < 1.29 is 9.47 Å². The van der Waals surface area contributed by atoms with Crippen molar-refractivity contribution in [3.8, 4) is 27.6 Å². The standard InChI is InChI=1S/C22H19ClN2O3S/c1-3-10-28-18-9-8-16(11-19(18)27-2)25-13-24-17-12-20(29-21(17)22(25)26)14-4-6-15(23)7-5-14/h4-9,11-13H,3,10H2,1-2H3. The second-order valence-electron chi connectivity index (χ2n) is 6.44. The molecule has 0 aliphatic carbocycles. The van der Waals surface area contributed by atoms with E-state index in [9.17, 15) is 4.79 Å². The molecule has 0 aliphatic rings. The molecule has 0 spiro atoms. The quantitative estimate of drug-likeness (QED) is 0.404. The molecule has 0 N–H and O–H groups in total. The van der Waals surface area contributed by atoms with Crippen molar-refractivity contribution in [2.24, 2.45) is 0 Å². The van der Waals surface area contributed by atoms with Crippen LogP contribution in [0.4, 0.5) is 0 Å². The zero-order valence-corrected chi connectivity index (χ0v) is 17.6. The first kappa shape index (κ1) is 19.5. The predicted molar refractivity (Wildman–Crippen MR) is 118 cm³/mol. The van der Waals surface area contributed by atoms with E-state index in [2.05, 4.69) is 4.98 Å². The van der Waals surface area contributed by atoms with Crippen molar-refractivity contribution in [1.82, 2.24) is 9.55 Å². The Morgan fingerprint density at radius 2 is 1.90 bits per heavy atom. The lowest BCUT2D eigenvalue weighted by Gasteiger charge is -2.12. The molecule has 0 bridgehead atoms. The van der Waals surface area contributed by atoms with Crippen LogP contribution in [0.2, 0.25) is 5.02 Å². The zero-order valence-electron chi connectivity index (χ0n) is 16.0. The first-order valence-corrected chi connectivity index (χ1v) is 10.4. The molecule has 0 saturated heterocycles. The van der Waals surface area contributed by atoms with Gasteiger partial charge in [-0.2, -0.15) is 0 Å². The van der Waals surface area contributed by atoms with Gasteiger partial charge in [0.2, 0.25) is 0 Å². The van der Waals surface area contributed by atoms with Gasteiger partial charge in [-0.05, 0) is 42.3 Å². The monoisotopic (exact) mass is 426 g/mol. The number of hydrogen-bond acceptors (Lipinski definition) is 5. The topological polar surface area (TPSA) is 53.4 Å². The van der Waals surface area contributed by atoms with Gasteiger partial charge in [-0.3, -0.25) is 9.36 Å². The van der Waals surface area contributed by atoms with Gasteiger partial charge in [-0.1, -0.05) is 30.7 Å². The summed E-state index contributed by atoms with van der Waals surface area (Å²) in [4.78, 5) is 18.6. The molecule has 29 heavy (non-hydrogen) atoms. The molecule has 148 valence electrons. The fourth-order valence-electron chi connectivity index (χ4n) is 2.99. The van der Waals surface area contributed by atoms with E-state index in [4.69, 9.17) is 21.1 Å². The van der Waals surface area contributed by atoms with E-state index >= 15 is 0 Å². The summed E-state index contributed by atoms with van der Waals surface area (Å²) in [7, 11) is 1.58. The van der Waals surface area contributed by atoms with Crippen LogP contribution in [0.1, 0.15) is 13.3 Å². The molecule has 2 aromatic carbocycles. The van der Waals surface area contributed by atoms with Crippen molar-refractivity contribution in [1.29, 1.82) is 0 Å². The average molecular weight is 427 g/mol. The van der Waals surface area contributed by atoms with E-state index < -0.39 is 0 Å². The molecule has 4 aromatic rings. The lowest BCUT2D eigenvalue weighted by molar-refractivity contribution is 0.294. The number of aromatic nitrogens is 2. The summed E-state index contributed by atoms with van der Waals surface area (Å²) in [6, 6.07) is 14.9. The predicted octanol–water partition coefficient (Wildman–Crippen LogP) is 5.57. The summed E-state index contributed by atoms with van der Waals surface area (Å²) in [6.45, 7) is 2.65. The second kappa shape index (κ2) is 8.27. The van der Waals surface area contributed by atoms with E-state index in [1.165, 1.54) is 15.9 Å². The maximum atomic E-state index is 13.1. The summed E-state index contributed by atoms with van der Waals surface area (Å²) in [5.41, 5.74) is 2.23. The van der Waals surface area contributed by atoms with Crippen LogP contribution >= 0.6 is 22.9 Å². The van der Waals surface area contributed by atoms with Gasteiger partial charge in [0, 0.05) is 16.0 Å². The number of fused-ring (bicyclic) bond motifs is 1. The number of ether oxygens (including phenoxy) is 2. The number of halogens is 1. The van der Waals surface area contributed by atoms with E-state index in [1.54, 1.807) is 19.5 Å². The Kier molecular flexibility index (Phi) is 5.56. The Balaban J connectivity index is 1.76. The minimum absolute atomic E-state index is 0.121. The van der Waals surface area contributed by atoms with E-state index in [-0.39, 0.29) is 5.56 Å². The smallest absolute Gasteiger partial charge is 0.275 e. The second-order valence-corrected chi connectivity index (χ2v) is 7.92. The highest BCUT2D eigenvalue weighted by atomic mass is 35.5. The highest BCUT2D eigenvalue weighted by Crippen LogP contribution is 2.32. The van der Waals surface area contributed by atoms with Crippen LogP contribution in [0.15, 0.2) is 59.7 Å². The molecule has 2 aromatic heterocycles. The summed E-state index contributed by atoms with van der Waals surface area (Å²) in [5.74, 6) is 1.23. The first-order valence-electron chi connectivity index (χ1n) is 9.19. The van der Waals surface area contributed by atoms with Crippen LogP contribution in [0, 0.1) is 0 Å². The van der Waals surface area contributed by atoms with Gasteiger partial charge in [-0.25, -0.2) is 4.98 Å². The number of rotatable bonds is 6. The van der Waals surface area contributed by atoms with E-state index in [1.807, 2.05) is 49.4 Å². The molecule has 2 heterocycles. The van der Waals surface area contributed by atoms with Crippen molar-refractivity contribution >= 4 is 33.2 Å². The van der Waals surface area contributed by atoms with E-state index in [0.29, 0.717) is 39.0 Å². The van der Waals surface area contributed by atoms with Crippen LogP contribution in [0.25, 0.3) is 26.3 Å². The summed E-state index contributed by atoms with van der Waals surface area (Å²) in [5, 5.41) is 0.677. The van der Waals surface area contributed by atoms with Crippen molar-refractivity contribution in [3.05, 3.63) is 70.2 Å². The van der Waals surface area contributed by atoms with Crippen LogP contribution in [-0.4, -0.2) is 23.3 Å². The van der Waals surface area contributed by atoms with Gasteiger partial charge in [0.1, 0.15) is 11.0 Å². The van der Waals surface area contributed by atoms with Gasteiger partial charge in [-0.15, -0.1) is 11.3 Å². The largest absolute Gasteiger partial charge is 0.493 e. The molecule has 0 fully saturated rings. The third kappa shape index (κ3) is 3.86. The maximum Gasteiger partial charge on any atom is 0.275 e. The first-order chi connectivity index (χ1) is 14.1. The number of hydrogen-bond donors (Lipinski definition) is 0. The highest BCUT2D eigenvalue weighted by Gasteiger charge is 2.13. The molecule has 7 heteroatoms. The molecule has 0 amide bonds. The minimum Gasteiger partial charge on any atom is -0.493 e. The Hall–Kier alpha value is -2.83. The summed E-state index contributed by atoms with van der Waals surface area (Å²) < 4.78 is 13.3. The third-order valence-corrected chi connectivity index (χ3v) is 5.87. The van der Waals surface area contributed by atoms with Crippen molar-refractivity contribution in [2.45, 2.75) is 13.3 Å². The number of nitrogens with zero attached hydrogens (tertiary/aromatic N) is 2. The molecular weight excluding hydrogens is 408 g/mol. The molecule has 4 rings (SSSR count). The van der Waals surface area contributed by atoms with Gasteiger partial charge in [0.15, 0.2) is 11.5 Å². The lowest BCUT2D eigenvalue weighted by Crippen LogP contribution is -2.17. The fourth-order valence-corrected chi connectivity index (χ4v) is 4.16. The van der Waals surface area contributed by atoms with Gasteiger partial charge in [0.25, 0.3) is 5.56 Å². The van der Waals surface area contributed by atoms with Gasteiger partial charge < -0.3 is 9.47 Å². The van der Waals surface area contributed by atoms with E-state index in [0.717, 1.165) is 16.9 Å². The molecule has 5 nitrogen and oxygen atoms in total. The Morgan fingerprint density at radius 3 is 2.62 bits per heavy atom. The molecule has 0 atom stereocenters. The van der Waals surface area contributed by atoms with Crippen LogP contribution in [0.5, 0.6) is 11.5 Å².